The van der Waals surface area contributed by atoms with Crippen molar-refractivity contribution in [1.82, 2.24) is 0 Å². The van der Waals surface area contributed by atoms with Crippen molar-refractivity contribution in [3.05, 3.63) is 35.4 Å². The molecular weight excluding hydrogens is 208 g/mol. The largest absolute Gasteiger partial charge is 0.294 e. The number of carbonyl (C=O) groups is 1. The Morgan fingerprint density at radius 2 is 1.65 bits per heavy atom. The molecule has 0 unspecified atom stereocenters. The van der Waals surface area contributed by atoms with Crippen molar-refractivity contribution in [2.24, 2.45) is 5.41 Å². The van der Waals surface area contributed by atoms with Gasteiger partial charge < -0.3 is 0 Å². The van der Waals surface area contributed by atoms with Crippen molar-refractivity contribution >= 4 is 5.78 Å². The van der Waals surface area contributed by atoms with Crippen LogP contribution in [0, 0.1) is 5.41 Å². The van der Waals surface area contributed by atoms with E-state index in [0.29, 0.717) is 16.6 Å². The molecule has 0 bridgehead atoms. The third kappa shape index (κ3) is 1.08. The monoisotopic (exact) mass is 226 g/mol. The van der Waals surface area contributed by atoms with Crippen molar-refractivity contribution in [2.75, 3.05) is 0 Å². The first-order chi connectivity index (χ1) is 8.28. The zero-order valence-electron chi connectivity index (χ0n) is 10.2. The van der Waals surface area contributed by atoms with Gasteiger partial charge in [0.1, 0.15) is 0 Å². The zero-order chi connectivity index (χ0) is 11.5. The summed E-state index contributed by atoms with van der Waals surface area (Å²) < 4.78 is 0. The van der Waals surface area contributed by atoms with Crippen molar-refractivity contribution in [3.63, 3.8) is 0 Å². The summed E-state index contributed by atoms with van der Waals surface area (Å²) in [5.41, 5.74) is 3.16. The average molecular weight is 226 g/mol. The van der Waals surface area contributed by atoms with E-state index in [-0.39, 0.29) is 0 Å². The Labute approximate surface area is 102 Å². The number of Topliss-reactive ketones (excluding diaryl/α,β-unsaturated/α-hetero) is 1. The van der Waals surface area contributed by atoms with Gasteiger partial charge in [0.2, 0.25) is 0 Å². The van der Waals surface area contributed by atoms with E-state index in [4.69, 9.17) is 0 Å². The van der Waals surface area contributed by atoms with Crippen LogP contribution < -0.4 is 0 Å². The molecule has 2 spiro atoms. The minimum absolute atomic E-state index is 0.346. The highest BCUT2D eigenvalue weighted by molar-refractivity contribution is 6.00. The lowest BCUT2D eigenvalue weighted by atomic mass is 9.60. The van der Waals surface area contributed by atoms with Crippen LogP contribution in [0.25, 0.3) is 0 Å². The molecule has 2 saturated carbocycles. The molecule has 1 aromatic carbocycles. The fraction of sp³-hybridized carbons (Fsp3) is 0.562. The van der Waals surface area contributed by atoms with Crippen molar-refractivity contribution in [3.8, 4) is 0 Å². The van der Waals surface area contributed by atoms with Crippen molar-refractivity contribution in [1.29, 1.82) is 0 Å². The second-order valence-corrected chi connectivity index (χ2v) is 6.22. The highest BCUT2D eigenvalue weighted by atomic mass is 16.1. The summed E-state index contributed by atoms with van der Waals surface area (Å²) in [5.74, 6) is 0.403. The van der Waals surface area contributed by atoms with E-state index in [1.54, 1.807) is 0 Å². The average Bonchev–Trinajstić information content (AvgIpc) is 3.04. The van der Waals surface area contributed by atoms with Gasteiger partial charge in [-0.05, 0) is 36.7 Å². The first-order valence-electron chi connectivity index (χ1n) is 6.90. The molecule has 0 aliphatic heterocycles. The summed E-state index contributed by atoms with van der Waals surface area (Å²) in [6.07, 6.45) is 8.69. The van der Waals surface area contributed by atoms with Gasteiger partial charge in [-0.1, -0.05) is 37.1 Å². The van der Waals surface area contributed by atoms with Gasteiger partial charge in [-0.2, -0.15) is 0 Å². The van der Waals surface area contributed by atoms with Gasteiger partial charge >= 0.3 is 0 Å². The lowest BCUT2D eigenvalue weighted by Crippen LogP contribution is -2.40. The maximum atomic E-state index is 12.4. The maximum absolute atomic E-state index is 12.4. The van der Waals surface area contributed by atoms with Crippen LogP contribution in [0.1, 0.15) is 60.9 Å². The molecule has 17 heavy (non-hydrogen) atoms. The molecule has 0 radical (unpaired) electrons. The van der Waals surface area contributed by atoms with E-state index >= 15 is 0 Å². The second-order valence-electron chi connectivity index (χ2n) is 6.22. The summed E-state index contributed by atoms with van der Waals surface area (Å²) in [6, 6.07) is 8.39. The van der Waals surface area contributed by atoms with Crippen LogP contribution in [0.3, 0.4) is 0 Å². The Hall–Kier alpha value is -1.11. The number of ketones is 1. The summed E-state index contributed by atoms with van der Waals surface area (Å²) >= 11 is 0. The lowest BCUT2D eigenvalue weighted by Gasteiger charge is -2.43. The molecular formula is C16H18O. The van der Waals surface area contributed by atoms with Gasteiger partial charge in [-0.15, -0.1) is 0 Å². The summed E-state index contributed by atoms with van der Waals surface area (Å²) in [6.45, 7) is 0. The lowest BCUT2D eigenvalue weighted by molar-refractivity contribution is 0.0822. The number of benzene rings is 1. The predicted molar refractivity (Wildman–Crippen MR) is 67.2 cm³/mol. The smallest absolute Gasteiger partial charge is 0.163 e. The van der Waals surface area contributed by atoms with E-state index < -0.39 is 0 Å². The Morgan fingerprint density at radius 1 is 0.941 bits per heavy atom. The van der Waals surface area contributed by atoms with Crippen molar-refractivity contribution < 1.29 is 4.79 Å². The molecule has 4 rings (SSSR count). The fourth-order valence-electron chi connectivity index (χ4n) is 4.63. The molecule has 2 fully saturated rings. The Kier molecular flexibility index (Phi) is 1.75. The van der Waals surface area contributed by atoms with E-state index in [1.807, 2.05) is 12.1 Å². The highest BCUT2D eigenvalue weighted by Crippen LogP contribution is 2.69. The number of fused-ring (bicyclic) bond motifs is 3. The predicted octanol–water partition coefficient (Wildman–Crippen LogP) is 3.87. The van der Waals surface area contributed by atoms with E-state index in [0.717, 1.165) is 12.0 Å². The number of rotatable bonds is 0. The Balaban J connectivity index is 1.93. The molecule has 3 aliphatic rings. The van der Waals surface area contributed by atoms with Gasteiger partial charge in [0, 0.05) is 17.4 Å². The minimum Gasteiger partial charge on any atom is -0.294 e. The van der Waals surface area contributed by atoms with Crippen LogP contribution in [-0.4, -0.2) is 5.78 Å². The van der Waals surface area contributed by atoms with E-state index in [1.165, 1.54) is 44.1 Å². The van der Waals surface area contributed by atoms with Crippen molar-refractivity contribution in [2.45, 2.75) is 50.4 Å². The van der Waals surface area contributed by atoms with E-state index in [2.05, 4.69) is 12.1 Å². The van der Waals surface area contributed by atoms with E-state index in [9.17, 15) is 4.79 Å². The fourth-order valence-corrected chi connectivity index (χ4v) is 4.63. The standard InChI is InChI=1S/C16H18O/c17-14-11-15(7-3-4-8-15)16(9-10-16)13-6-2-1-5-12(13)14/h1-2,5-6H,3-4,7-11H2. The van der Waals surface area contributed by atoms with Crippen LogP contribution in [-0.2, 0) is 5.41 Å². The van der Waals surface area contributed by atoms with Gasteiger partial charge in [0.05, 0.1) is 0 Å². The maximum Gasteiger partial charge on any atom is 0.163 e. The molecule has 0 saturated heterocycles. The minimum atomic E-state index is 0.346. The first kappa shape index (κ1) is 9.87. The Morgan fingerprint density at radius 3 is 2.35 bits per heavy atom. The second kappa shape index (κ2) is 3.01. The zero-order valence-corrected chi connectivity index (χ0v) is 10.2. The number of carbonyl (C=O) groups excluding carboxylic acids is 1. The molecule has 1 heteroatoms. The van der Waals surface area contributed by atoms with Crippen LogP contribution >= 0.6 is 0 Å². The summed E-state index contributed by atoms with van der Waals surface area (Å²) in [5, 5.41) is 0. The molecule has 0 atom stereocenters. The third-order valence-corrected chi connectivity index (χ3v) is 5.57. The summed E-state index contributed by atoms with van der Waals surface area (Å²) in [4.78, 5) is 12.4. The topological polar surface area (TPSA) is 17.1 Å². The summed E-state index contributed by atoms with van der Waals surface area (Å²) in [7, 11) is 0. The van der Waals surface area contributed by atoms with Crippen LogP contribution in [0.4, 0.5) is 0 Å². The normalized spacial score (nSPS) is 27.4. The molecule has 1 nitrogen and oxygen atoms in total. The molecule has 88 valence electrons. The number of hydrogen-bond donors (Lipinski definition) is 0. The quantitative estimate of drug-likeness (QED) is 0.656. The van der Waals surface area contributed by atoms with Gasteiger partial charge in [-0.3, -0.25) is 4.79 Å². The van der Waals surface area contributed by atoms with Gasteiger partial charge in [0.25, 0.3) is 0 Å². The van der Waals surface area contributed by atoms with Crippen LogP contribution in [0.15, 0.2) is 24.3 Å². The molecule has 0 aromatic heterocycles. The molecule has 0 N–H and O–H groups in total. The van der Waals surface area contributed by atoms with Crippen LogP contribution in [0.2, 0.25) is 0 Å². The SMILES string of the molecule is O=C1CC2(CCCC2)C2(CC2)c2ccccc21. The van der Waals surface area contributed by atoms with Crippen LogP contribution in [0.5, 0.6) is 0 Å². The Bertz CT molecular complexity index is 490. The highest BCUT2D eigenvalue weighted by Gasteiger charge is 2.63. The first-order valence-corrected chi connectivity index (χ1v) is 6.90. The number of hydrogen-bond acceptors (Lipinski definition) is 1. The molecule has 1 aromatic rings. The molecule has 0 heterocycles. The molecule has 3 aliphatic carbocycles. The van der Waals surface area contributed by atoms with Gasteiger partial charge in [-0.25, -0.2) is 0 Å². The molecule has 0 amide bonds. The third-order valence-electron chi connectivity index (χ3n) is 5.57. The van der Waals surface area contributed by atoms with Gasteiger partial charge in [0.15, 0.2) is 5.78 Å².